The van der Waals surface area contributed by atoms with Gasteiger partial charge in [0.2, 0.25) is 11.4 Å². The molecule has 0 aliphatic heterocycles. The van der Waals surface area contributed by atoms with Gasteiger partial charge in [0.1, 0.15) is 5.76 Å². The zero-order valence-corrected chi connectivity index (χ0v) is 12.5. The molecule has 0 fully saturated rings. The molecule has 0 saturated heterocycles. The summed E-state index contributed by atoms with van der Waals surface area (Å²) in [7, 11) is 0. The van der Waals surface area contributed by atoms with E-state index in [1.54, 1.807) is 12.1 Å². The van der Waals surface area contributed by atoms with Gasteiger partial charge in [-0.1, -0.05) is 44.2 Å². The lowest BCUT2D eigenvalue weighted by atomic mass is 9.69. The summed E-state index contributed by atoms with van der Waals surface area (Å²) in [4.78, 5) is 12.5. The molecule has 2 atom stereocenters. The first-order chi connectivity index (χ1) is 9.42. The highest BCUT2D eigenvalue weighted by molar-refractivity contribution is 6.12. The SMILES string of the molecule is CCC(C)C1=C(OC(C)C)C(O)(c2ccccc2)C1=O. The summed E-state index contributed by atoms with van der Waals surface area (Å²) in [5, 5.41) is 10.8. The van der Waals surface area contributed by atoms with E-state index in [9.17, 15) is 9.90 Å². The summed E-state index contributed by atoms with van der Waals surface area (Å²) < 4.78 is 5.77. The van der Waals surface area contributed by atoms with Crippen molar-refractivity contribution in [3.05, 3.63) is 47.2 Å². The van der Waals surface area contributed by atoms with Crippen LogP contribution in [0, 0.1) is 5.92 Å². The fraction of sp³-hybridized carbons (Fsp3) is 0.471. The van der Waals surface area contributed by atoms with Gasteiger partial charge in [-0.15, -0.1) is 0 Å². The summed E-state index contributed by atoms with van der Waals surface area (Å²) in [5.74, 6) is 0.298. The summed E-state index contributed by atoms with van der Waals surface area (Å²) in [6, 6.07) is 9.01. The van der Waals surface area contributed by atoms with Crippen LogP contribution in [0.3, 0.4) is 0 Å². The Hall–Kier alpha value is -1.61. The highest BCUT2D eigenvalue weighted by Gasteiger charge is 2.56. The summed E-state index contributed by atoms with van der Waals surface area (Å²) in [6.45, 7) is 7.81. The molecule has 0 saturated carbocycles. The van der Waals surface area contributed by atoms with Crippen LogP contribution < -0.4 is 0 Å². The fourth-order valence-electron chi connectivity index (χ4n) is 2.51. The number of ketones is 1. The van der Waals surface area contributed by atoms with Crippen LogP contribution in [0.1, 0.15) is 39.7 Å². The second kappa shape index (κ2) is 5.41. The quantitative estimate of drug-likeness (QED) is 0.897. The van der Waals surface area contributed by atoms with Crippen molar-refractivity contribution in [2.75, 3.05) is 0 Å². The molecular formula is C17H22O3. The van der Waals surface area contributed by atoms with Crippen molar-refractivity contribution in [3.63, 3.8) is 0 Å². The standard InChI is InChI=1S/C17H22O3/c1-5-12(4)14-15(18)17(19,16(14)20-11(2)3)13-9-7-6-8-10-13/h6-12,19H,5H2,1-4H3. The van der Waals surface area contributed by atoms with Crippen molar-refractivity contribution in [3.8, 4) is 0 Å². The van der Waals surface area contributed by atoms with Crippen LogP contribution in [0.25, 0.3) is 0 Å². The van der Waals surface area contributed by atoms with Gasteiger partial charge in [0, 0.05) is 5.57 Å². The van der Waals surface area contributed by atoms with Crippen molar-refractivity contribution >= 4 is 5.78 Å². The molecule has 1 aromatic carbocycles. The first-order valence-corrected chi connectivity index (χ1v) is 7.16. The van der Waals surface area contributed by atoms with Crippen LogP contribution in [-0.4, -0.2) is 17.0 Å². The Balaban J connectivity index is 2.50. The van der Waals surface area contributed by atoms with Crippen molar-refractivity contribution in [1.82, 2.24) is 0 Å². The third kappa shape index (κ3) is 2.16. The number of rotatable bonds is 5. The predicted octanol–water partition coefficient (Wildman–Crippen LogP) is 3.18. The van der Waals surface area contributed by atoms with Crippen LogP contribution in [0.15, 0.2) is 41.7 Å². The van der Waals surface area contributed by atoms with Crippen LogP contribution in [0.5, 0.6) is 0 Å². The molecule has 2 rings (SSSR count). The number of hydrogen-bond acceptors (Lipinski definition) is 3. The fourth-order valence-corrected chi connectivity index (χ4v) is 2.51. The molecule has 0 radical (unpaired) electrons. The molecule has 0 amide bonds. The van der Waals surface area contributed by atoms with Gasteiger partial charge in [-0.05, 0) is 31.7 Å². The van der Waals surface area contributed by atoms with Gasteiger partial charge in [-0.2, -0.15) is 0 Å². The first kappa shape index (κ1) is 14.8. The minimum atomic E-state index is -1.61. The number of aliphatic hydroxyl groups is 1. The third-order valence-electron chi connectivity index (χ3n) is 3.80. The minimum Gasteiger partial charge on any atom is -0.491 e. The topological polar surface area (TPSA) is 46.5 Å². The average Bonchev–Trinajstić information content (AvgIpc) is 2.46. The smallest absolute Gasteiger partial charge is 0.210 e. The van der Waals surface area contributed by atoms with Crippen molar-refractivity contribution < 1.29 is 14.6 Å². The number of ether oxygens (including phenoxy) is 1. The maximum atomic E-state index is 12.5. The van der Waals surface area contributed by atoms with Crippen molar-refractivity contribution in [2.24, 2.45) is 5.92 Å². The molecule has 20 heavy (non-hydrogen) atoms. The van der Waals surface area contributed by atoms with Gasteiger partial charge in [0.05, 0.1) is 6.10 Å². The summed E-state index contributed by atoms with van der Waals surface area (Å²) in [5.41, 5.74) is -0.398. The van der Waals surface area contributed by atoms with Crippen LogP contribution in [-0.2, 0) is 15.1 Å². The molecule has 1 aliphatic carbocycles. The Morgan fingerprint density at radius 3 is 2.30 bits per heavy atom. The number of benzene rings is 1. The first-order valence-electron chi connectivity index (χ1n) is 7.16. The van der Waals surface area contributed by atoms with Crippen molar-refractivity contribution in [2.45, 2.75) is 45.8 Å². The number of carbonyl (C=O) groups is 1. The second-order valence-electron chi connectivity index (χ2n) is 5.62. The largest absolute Gasteiger partial charge is 0.491 e. The molecule has 0 bridgehead atoms. The van der Waals surface area contributed by atoms with Gasteiger partial charge in [-0.25, -0.2) is 0 Å². The van der Waals surface area contributed by atoms with E-state index in [0.29, 0.717) is 16.9 Å². The van der Waals surface area contributed by atoms with E-state index >= 15 is 0 Å². The maximum Gasteiger partial charge on any atom is 0.210 e. The van der Waals surface area contributed by atoms with Gasteiger partial charge in [0.25, 0.3) is 0 Å². The van der Waals surface area contributed by atoms with Crippen molar-refractivity contribution in [1.29, 1.82) is 0 Å². The highest BCUT2D eigenvalue weighted by Crippen LogP contribution is 2.47. The van der Waals surface area contributed by atoms with Gasteiger partial charge >= 0.3 is 0 Å². The van der Waals surface area contributed by atoms with Crippen LogP contribution in [0.2, 0.25) is 0 Å². The maximum absolute atomic E-state index is 12.5. The Kier molecular flexibility index (Phi) is 4.00. The molecule has 0 heterocycles. The molecule has 0 spiro atoms. The Labute approximate surface area is 120 Å². The molecule has 3 nitrogen and oxygen atoms in total. The van der Waals surface area contributed by atoms with E-state index in [-0.39, 0.29) is 17.8 Å². The van der Waals surface area contributed by atoms with E-state index in [1.807, 2.05) is 45.9 Å². The van der Waals surface area contributed by atoms with E-state index in [2.05, 4.69) is 0 Å². The normalized spacial score (nSPS) is 23.8. The molecule has 3 heteroatoms. The third-order valence-corrected chi connectivity index (χ3v) is 3.80. The molecule has 108 valence electrons. The highest BCUT2D eigenvalue weighted by atomic mass is 16.5. The molecular weight excluding hydrogens is 252 g/mol. The van der Waals surface area contributed by atoms with Crippen LogP contribution in [0.4, 0.5) is 0 Å². The molecule has 0 aromatic heterocycles. The minimum absolute atomic E-state index is 0.0765. The lowest BCUT2D eigenvalue weighted by Gasteiger charge is -2.42. The van der Waals surface area contributed by atoms with E-state index in [1.165, 1.54) is 0 Å². The summed E-state index contributed by atoms with van der Waals surface area (Å²) in [6.07, 6.45) is 0.768. The van der Waals surface area contributed by atoms with E-state index in [4.69, 9.17) is 4.74 Å². The zero-order chi connectivity index (χ0) is 14.9. The van der Waals surface area contributed by atoms with Gasteiger partial charge in [-0.3, -0.25) is 4.79 Å². The number of Topliss-reactive ketones (excluding diaryl/α,β-unsaturated/α-hetero) is 1. The second-order valence-corrected chi connectivity index (χ2v) is 5.62. The molecule has 1 aromatic rings. The Bertz CT molecular complexity index is 530. The lowest BCUT2D eigenvalue weighted by molar-refractivity contribution is -0.144. The lowest BCUT2D eigenvalue weighted by Crippen LogP contribution is -2.51. The summed E-state index contributed by atoms with van der Waals surface area (Å²) >= 11 is 0. The monoisotopic (exact) mass is 274 g/mol. The zero-order valence-electron chi connectivity index (χ0n) is 12.5. The Morgan fingerprint density at radius 1 is 1.20 bits per heavy atom. The predicted molar refractivity (Wildman–Crippen MR) is 78.0 cm³/mol. The van der Waals surface area contributed by atoms with E-state index < -0.39 is 5.60 Å². The number of hydrogen-bond donors (Lipinski definition) is 1. The van der Waals surface area contributed by atoms with E-state index in [0.717, 1.165) is 6.42 Å². The average molecular weight is 274 g/mol. The Morgan fingerprint density at radius 2 is 1.80 bits per heavy atom. The molecule has 1 aliphatic rings. The van der Waals surface area contributed by atoms with Gasteiger partial charge in [0.15, 0.2) is 0 Å². The molecule has 2 unspecified atom stereocenters. The van der Waals surface area contributed by atoms with Gasteiger partial charge < -0.3 is 9.84 Å². The molecule has 1 N–H and O–H groups in total. The van der Waals surface area contributed by atoms with Crippen LogP contribution >= 0.6 is 0 Å². The number of carbonyl (C=O) groups excluding carboxylic acids is 1.